The summed E-state index contributed by atoms with van der Waals surface area (Å²) in [5.74, 6) is 0.758. The lowest BCUT2D eigenvalue weighted by Crippen LogP contribution is -1.96. The van der Waals surface area contributed by atoms with Crippen molar-refractivity contribution in [2.75, 3.05) is 12.3 Å². The molecular formula is C13H15N3O. The molecule has 0 aliphatic carbocycles. The first-order valence-corrected chi connectivity index (χ1v) is 5.59. The number of anilines is 1. The van der Waals surface area contributed by atoms with Crippen LogP contribution in [0.5, 0.6) is 5.75 Å². The lowest BCUT2D eigenvalue weighted by Gasteiger charge is -2.06. The standard InChI is InChI=1S/C13H15N3O/c1-2-5-17-12-6-10(8-15-9-12)13-7-11(14)3-4-16-13/h3-4,6-9H,2,5H2,1H3,(H2,14,16). The highest BCUT2D eigenvalue weighted by molar-refractivity contribution is 5.63. The normalized spacial score (nSPS) is 10.2. The highest BCUT2D eigenvalue weighted by Crippen LogP contribution is 2.22. The number of hydrogen-bond acceptors (Lipinski definition) is 4. The quantitative estimate of drug-likeness (QED) is 0.875. The van der Waals surface area contributed by atoms with Gasteiger partial charge in [-0.25, -0.2) is 0 Å². The zero-order valence-electron chi connectivity index (χ0n) is 9.76. The lowest BCUT2D eigenvalue weighted by atomic mass is 10.2. The lowest BCUT2D eigenvalue weighted by molar-refractivity contribution is 0.316. The predicted molar refractivity (Wildman–Crippen MR) is 67.7 cm³/mol. The molecule has 2 aromatic heterocycles. The van der Waals surface area contributed by atoms with E-state index < -0.39 is 0 Å². The molecule has 0 fully saturated rings. The Morgan fingerprint density at radius 3 is 2.94 bits per heavy atom. The van der Waals surface area contributed by atoms with Crippen LogP contribution in [0.25, 0.3) is 11.3 Å². The number of ether oxygens (including phenoxy) is 1. The van der Waals surface area contributed by atoms with Crippen LogP contribution in [0.1, 0.15) is 13.3 Å². The molecule has 0 atom stereocenters. The predicted octanol–water partition coefficient (Wildman–Crippen LogP) is 2.51. The second kappa shape index (κ2) is 5.30. The molecular weight excluding hydrogens is 214 g/mol. The fraction of sp³-hybridized carbons (Fsp3) is 0.231. The van der Waals surface area contributed by atoms with Crippen molar-refractivity contribution in [1.29, 1.82) is 0 Å². The minimum Gasteiger partial charge on any atom is -0.492 e. The van der Waals surface area contributed by atoms with E-state index in [2.05, 4.69) is 16.9 Å². The van der Waals surface area contributed by atoms with Crippen LogP contribution in [0, 0.1) is 0 Å². The van der Waals surface area contributed by atoms with E-state index in [0.29, 0.717) is 12.3 Å². The first-order chi connectivity index (χ1) is 8.29. The molecule has 4 heteroatoms. The van der Waals surface area contributed by atoms with Crippen LogP contribution in [0.15, 0.2) is 36.8 Å². The summed E-state index contributed by atoms with van der Waals surface area (Å²) < 4.78 is 5.53. The summed E-state index contributed by atoms with van der Waals surface area (Å²) in [5, 5.41) is 0. The Balaban J connectivity index is 2.26. The number of rotatable bonds is 4. The number of nitrogens with zero attached hydrogens (tertiary/aromatic N) is 2. The van der Waals surface area contributed by atoms with Gasteiger partial charge in [0.25, 0.3) is 0 Å². The average molecular weight is 229 g/mol. The van der Waals surface area contributed by atoms with Gasteiger partial charge >= 0.3 is 0 Å². The second-order valence-corrected chi connectivity index (χ2v) is 3.73. The Morgan fingerprint density at radius 1 is 1.29 bits per heavy atom. The van der Waals surface area contributed by atoms with Crippen LogP contribution in [0.4, 0.5) is 5.69 Å². The molecule has 0 aromatic carbocycles. The first-order valence-electron chi connectivity index (χ1n) is 5.59. The number of pyridine rings is 2. The number of hydrogen-bond donors (Lipinski definition) is 1. The van der Waals surface area contributed by atoms with E-state index in [1.807, 2.05) is 12.1 Å². The van der Waals surface area contributed by atoms with Crippen molar-refractivity contribution in [3.63, 3.8) is 0 Å². The smallest absolute Gasteiger partial charge is 0.138 e. The number of nitrogens with two attached hydrogens (primary N) is 1. The van der Waals surface area contributed by atoms with Gasteiger partial charge in [0, 0.05) is 23.6 Å². The minimum atomic E-state index is 0.690. The van der Waals surface area contributed by atoms with Crippen molar-refractivity contribution in [3.8, 4) is 17.0 Å². The fourth-order valence-electron chi connectivity index (χ4n) is 1.46. The van der Waals surface area contributed by atoms with Gasteiger partial charge in [-0.1, -0.05) is 6.92 Å². The number of nitrogen functional groups attached to an aromatic ring is 1. The van der Waals surface area contributed by atoms with Crippen molar-refractivity contribution < 1.29 is 4.74 Å². The maximum Gasteiger partial charge on any atom is 0.138 e. The van der Waals surface area contributed by atoms with E-state index in [9.17, 15) is 0 Å². The molecule has 0 spiro atoms. The molecule has 0 amide bonds. The summed E-state index contributed by atoms with van der Waals surface area (Å²) in [7, 11) is 0. The van der Waals surface area contributed by atoms with Crippen LogP contribution >= 0.6 is 0 Å². The summed E-state index contributed by atoms with van der Waals surface area (Å²) in [6.07, 6.45) is 6.11. The van der Waals surface area contributed by atoms with Crippen molar-refractivity contribution >= 4 is 5.69 Å². The van der Waals surface area contributed by atoms with E-state index in [-0.39, 0.29) is 0 Å². The molecule has 17 heavy (non-hydrogen) atoms. The van der Waals surface area contributed by atoms with Gasteiger partial charge in [-0.15, -0.1) is 0 Å². The third-order valence-corrected chi connectivity index (χ3v) is 2.27. The van der Waals surface area contributed by atoms with Gasteiger partial charge in [0.05, 0.1) is 18.5 Å². The molecule has 0 saturated carbocycles. The topological polar surface area (TPSA) is 61.0 Å². The third-order valence-electron chi connectivity index (χ3n) is 2.27. The second-order valence-electron chi connectivity index (χ2n) is 3.73. The van der Waals surface area contributed by atoms with E-state index in [0.717, 1.165) is 23.4 Å². The summed E-state index contributed by atoms with van der Waals surface area (Å²) in [6, 6.07) is 5.50. The van der Waals surface area contributed by atoms with Crippen molar-refractivity contribution in [1.82, 2.24) is 9.97 Å². The first kappa shape index (κ1) is 11.4. The Kier molecular flexibility index (Phi) is 3.55. The molecule has 0 radical (unpaired) electrons. The van der Waals surface area contributed by atoms with Crippen LogP contribution in [0.3, 0.4) is 0 Å². The van der Waals surface area contributed by atoms with Gasteiger partial charge in [-0.2, -0.15) is 0 Å². The maximum atomic E-state index is 5.72. The Bertz CT molecular complexity index is 500. The Morgan fingerprint density at radius 2 is 2.18 bits per heavy atom. The van der Waals surface area contributed by atoms with Crippen LogP contribution in [0.2, 0.25) is 0 Å². The van der Waals surface area contributed by atoms with Gasteiger partial charge in [-0.05, 0) is 24.6 Å². The Hall–Kier alpha value is -2.10. The van der Waals surface area contributed by atoms with E-state index >= 15 is 0 Å². The summed E-state index contributed by atoms with van der Waals surface area (Å²) in [6.45, 7) is 2.76. The zero-order valence-corrected chi connectivity index (χ0v) is 9.76. The van der Waals surface area contributed by atoms with Gasteiger partial charge < -0.3 is 10.5 Å². The molecule has 4 nitrogen and oxygen atoms in total. The Labute approximate surface area is 100 Å². The summed E-state index contributed by atoms with van der Waals surface area (Å²) in [4.78, 5) is 8.39. The highest BCUT2D eigenvalue weighted by atomic mass is 16.5. The molecule has 0 aliphatic heterocycles. The average Bonchev–Trinajstić information content (AvgIpc) is 2.37. The maximum absolute atomic E-state index is 5.72. The molecule has 0 unspecified atom stereocenters. The molecule has 2 heterocycles. The molecule has 0 aliphatic rings. The van der Waals surface area contributed by atoms with Gasteiger partial charge in [-0.3, -0.25) is 9.97 Å². The van der Waals surface area contributed by atoms with E-state index in [4.69, 9.17) is 10.5 Å². The summed E-state index contributed by atoms with van der Waals surface area (Å²) in [5.41, 5.74) is 8.13. The zero-order chi connectivity index (χ0) is 12.1. The number of aromatic nitrogens is 2. The highest BCUT2D eigenvalue weighted by Gasteiger charge is 2.02. The molecule has 0 bridgehead atoms. The molecule has 2 N–H and O–H groups in total. The molecule has 2 rings (SSSR count). The van der Waals surface area contributed by atoms with Crippen molar-refractivity contribution in [3.05, 3.63) is 36.8 Å². The van der Waals surface area contributed by atoms with E-state index in [1.165, 1.54) is 0 Å². The molecule has 88 valence electrons. The van der Waals surface area contributed by atoms with E-state index in [1.54, 1.807) is 24.7 Å². The minimum absolute atomic E-state index is 0.690. The largest absolute Gasteiger partial charge is 0.492 e. The third kappa shape index (κ3) is 2.93. The van der Waals surface area contributed by atoms with Gasteiger partial charge in [0.15, 0.2) is 0 Å². The van der Waals surface area contributed by atoms with Gasteiger partial charge in [0.2, 0.25) is 0 Å². The van der Waals surface area contributed by atoms with Gasteiger partial charge in [0.1, 0.15) is 5.75 Å². The fourth-order valence-corrected chi connectivity index (χ4v) is 1.46. The summed E-state index contributed by atoms with van der Waals surface area (Å²) >= 11 is 0. The molecule has 2 aromatic rings. The molecule has 0 saturated heterocycles. The SMILES string of the molecule is CCCOc1cncc(-c2cc(N)ccn2)c1. The van der Waals surface area contributed by atoms with Crippen LogP contribution < -0.4 is 10.5 Å². The van der Waals surface area contributed by atoms with Crippen LogP contribution in [-0.2, 0) is 0 Å². The van der Waals surface area contributed by atoms with Crippen molar-refractivity contribution in [2.24, 2.45) is 0 Å². The van der Waals surface area contributed by atoms with Crippen molar-refractivity contribution in [2.45, 2.75) is 13.3 Å². The monoisotopic (exact) mass is 229 g/mol. The van der Waals surface area contributed by atoms with Crippen LogP contribution in [-0.4, -0.2) is 16.6 Å².